The van der Waals surface area contributed by atoms with E-state index in [1.54, 1.807) is 42.5 Å². The Balaban J connectivity index is 1.88. The van der Waals surface area contributed by atoms with Crippen molar-refractivity contribution in [2.75, 3.05) is 14.2 Å². The van der Waals surface area contributed by atoms with Crippen LogP contribution in [0.1, 0.15) is 10.4 Å². The molecule has 0 spiro atoms. The highest BCUT2D eigenvalue weighted by Crippen LogP contribution is 2.36. The molecular weight excluding hydrogens is 455 g/mol. The molecule has 0 radical (unpaired) electrons. The molecule has 4 rings (SSSR count). The third-order valence-corrected chi connectivity index (χ3v) is 5.31. The van der Waals surface area contributed by atoms with Gasteiger partial charge in [-0.05, 0) is 48.5 Å². The van der Waals surface area contributed by atoms with Crippen LogP contribution in [0.3, 0.4) is 0 Å². The Kier molecular flexibility index (Phi) is 6.08. The van der Waals surface area contributed by atoms with Crippen molar-refractivity contribution in [3.63, 3.8) is 0 Å². The number of halogens is 2. The van der Waals surface area contributed by atoms with Gasteiger partial charge < -0.3 is 18.6 Å². The summed E-state index contributed by atoms with van der Waals surface area (Å²) >= 11 is 12.4. The number of carbonyl (C=O) groups is 1. The molecule has 0 aliphatic carbocycles. The quantitative estimate of drug-likeness (QED) is 0.332. The fourth-order valence-electron chi connectivity index (χ4n) is 3.18. The maximum atomic E-state index is 13.3. The summed E-state index contributed by atoms with van der Waals surface area (Å²) in [5.74, 6) is -0.267. The van der Waals surface area contributed by atoms with Gasteiger partial charge in [0.15, 0.2) is 17.3 Å². The highest BCUT2D eigenvalue weighted by Gasteiger charge is 2.23. The Morgan fingerprint density at radius 1 is 0.906 bits per heavy atom. The van der Waals surface area contributed by atoms with Crippen LogP contribution in [0.4, 0.5) is 0 Å². The molecule has 4 aromatic rings. The Labute approximate surface area is 192 Å². The molecule has 8 heteroatoms. The van der Waals surface area contributed by atoms with Crippen molar-refractivity contribution in [1.29, 1.82) is 0 Å². The number of fused-ring (bicyclic) bond motifs is 1. The topological polar surface area (TPSA) is 75.0 Å². The number of esters is 1. The van der Waals surface area contributed by atoms with Crippen LogP contribution in [0.15, 0.2) is 69.9 Å². The molecule has 32 heavy (non-hydrogen) atoms. The summed E-state index contributed by atoms with van der Waals surface area (Å²) in [5, 5.41) is 0.836. The maximum Gasteiger partial charge on any atom is 0.343 e. The van der Waals surface area contributed by atoms with E-state index in [1.165, 1.54) is 32.4 Å². The third-order valence-electron chi connectivity index (χ3n) is 4.74. The number of hydrogen-bond donors (Lipinski definition) is 0. The van der Waals surface area contributed by atoms with Crippen LogP contribution in [-0.4, -0.2) is 20.2 Å². The van der Waals surface area contributed by atoms with E-state index in [2.05, 4.69) is 0 Å². The zero-order chi connectivity index (χ0) is 22.8. The minimum atomic E-state index is -0.784. The Morgan fingerprint density at radius 2 is 1.66 bits per heavy atom. The summed E-state index contributed by atoms with van der Waals surface area (Å²) in [6.45, 7) is 0. The molecule has 0 aliphatic heterocycles. The van der Waals surface area contributed by atoms with E-state index < -0.39 is 11.4 Å². The second kappa shape index (κ2) is 8.94. The van der Waals surface area contributed by atoms with Crippen LogP contribution in [0, 0.1) is 0 Å². The Hall–Kier alpha value is -3.48. The van der Waals surface area contributed by atoms with Crippen LogP contribution in [0.25, 0.3) is 22.3 Å². The van der Waals surface area contributed by atoms with Gasteiger partial charge in [-0.3, -0.25) is 4.79 Å². The van der Waals surface area contributed by atoms with Gasteiger partial charge in [0.2, 0.25) is 11.2 Å². The van der Waals surface area contributed by atoms with Gasteiger partial charge in [-0.2, -0.15) is 0 Å². The van der Waals surface area contributed by atoms with Gasteiger partial charge in [-0.15, -0.1) is 0 Å². The van der Waals surface area contributed by atoms with E-state index in [0.29, 0.717) is 27.1 Å². The third kappa shape index (κ3) is 4.02. The van der Waals surface area contributed by atoms with E-state index in [4.69, 9.17) is 41.8 Å². The average molecular weight is 471 g/mol. The van der Waals surface area contributed by atoms with Crippen LogP contribution in [0.2, 0.25) is 10.0 Å². The molecule has 0 aliphatic rings. The molecule has 0 bridgehead atoms. The van der Waals surface area contributed by atoms with E-state index in [1.807, 2.05) is 0 Å². The standard InChI is InChI=1S/C24H16Cl2O6/c1-29-19-9-7-13(11-20(19)30-2)24(28)32-23-21(27)16-12-14(25)8-10-18(16)31-22(23)15-5-3-4-6-17(15)26/h3-12H,1-2H3. The first-order chi connectivity index (χ1) is 15.4. The largest absolute Gasteiger partial charge is 0.493 e. The fraction of sp³-hybridized carbons (Fsp3) is 0.0833. The first-order valence-corrected chi connectivity index (χ1v) is 10.1. The fourth-order valence-corrected chi connectivity index (χ4v) is 3.57. The van der Waals surface area contributed by atoms with Crippen LogP contribution >= 0.6 is 23.2 Å². The number of rotatable bonds is 5. The first-order valence-electron chi connectivity index (χ1n) is 9.38. The minimum absolute atomic E-state index is 0.0317. The summed E-state index contributed by atoms with van der Waals surface area (Å²) in [6, 6.07) is 15.9. The number of benzene rings is 3. The van der Waals surface area contributed by atoms with Crippen molar-refractivity contribution in [2.45, 2.75) is 0 Å². The minimum Gasteiger partial charge on any atom is -0.493 e. The summed E-state index contributed by atoms with van der Waals surface area (Å²) < 4.78 is 21.9. The van der Waals surface area contributed by atoms with Gasteiger partial charge >= 0.3 is 5.97 Å². The molecule has 162 valence electrons. The predicted molar refractivity (Wildman–Crippen MR) is 122 cm³/mol. The van der Waals surface area contributed by atoms with E-state index in [9.17, 15) is 9.59 Å². The molecule has 0 atom stereocenters. The van der Waals surface area contributed by atoms with E-state index in [0.717, 1.165) is 0 Å². The predicted octanol–water partition coefficient (Wildman–Crippen LogP) is 6.00. The number of methoxy groups -OCH3 is 2. The molecule has 0 saturated heterocycles. The molecular formula is C24H16Cl2O6. The molecule has 6 nitrogen and oxygen atoms in total. The molecule has 1 heterocycles. The smallest absolute Gasteiger partial charge is 0.343 e. The van der Waals surface area contributed by atoms with Gasteiger partial charge in [-0.25, -0.2) is 4.79 Å². The normalized spacial score (nSPS) is 10.8. The summed E-state index contributed by atoms with van der Waals surface area (Å²) in [7, 11) is 2.93. The molecule has 0 unspecified atom stereocenters. The lowest BCUT2D eigenvalue weighted by Crippen LogP contribution is -2.16. The molecule has 0 saturated carbocycles. The molecule has 1 aromatic heterocycles. The first kappa shape index (κ1) is 21.7. The highest BCUT2D eigenvalue weighted by atomic mass is 35.5. The average Bonchev–Trinajstić information content (AvgIpc) is 2.81. The number of carbonyl (C=O) groups excluding carboxylic acids is 1. The van der Waals surface area contributed by atoms with Gasteiger partial charge in [0, 0.05) is 10.6 Å². The molecule has 3 aromatic carbocycles. The van der Waals surface area contributed by atoms with Gasteiger partial charge in [0.05, 0.1) is 30.2 Å². The van der Waals surface area contributed by atoms with Crippen molar-refractivity contribution in [1.82, 2.24) is 0 Å². The molecule has 0 amide bonds. The van der Waals surface area contributed by atoms with Crippen molar-refractivity contribution in [3.8, 4) is 28.6 Å². The van der Waals surface area contributed by atoms with Crippen molar-refractivity contribution >= 4 is 40.1 Å². The summed E-state index contributed by atoms with van der Waals surface area (Å²) in [6.07, 6.45) is 0. The Bertz CT molecular complexity index is 1390. The van der Waals surface area contributed by atoms with Gasteiger partial charge in [0.25, 0.3) is 0 Å². The summed E-state index contributed by atoms with van der Waals surface area (Å²) in [5.41, 5.74) is 0.273. The van der Waals surface area contributed by atoms with Crippen LogP contribution < -0.4 is 19.6 Å². The van der Waals surface area contributed by atoms with Crippen molar-refractivity contribution in [2.24, 2.45) is 0 Å². The maximum absolute atomic E-state index is 13.3. The number of hydrogen-bond acceptors (Lipinski definition) is 6. The van der Waals surface area contributed by atoms with Crippen molar-refractivity contribution < 1.29 is 23.4 Å². The van der Waals surface area contributed by atoms with Crippen molar-refractivity contribution in [3.05, 3.63) is 86.5 Å². The lowest BCUT2D eigenvalue weighted by Gasteiger charge is -2.13. The second-order valence-corrected chi connectivity index (χ2v) is 7.51. The summed E-state index contributed by atoms with van der Waals surface area (Å²) in [4.78, 5) is 26.2. The lowest BCUT2D eigenvalue weighted by molar-refractivity contribution is 0.0731. The van der Waals surface area contributed by atoms with E-state index in [-0.39, 0.29) is 28.0 Å². The number of ether oxygens (including phenoxy) is 3. The Morgan fingerprint density at radius 3 is 2.38 bits per heavy atom. The zero-order valence-corrected chi connectivity index (χ0v) is 18.5. The molecule has 0 fully saturated rings. The zero-order valence-electron chi connectivity index (χ0n) is 17.0. The van der Waals surface area contributed by atoms with Crippen LogP contribution in [0.5, 0.6) is 17.2 Å². The van der Waals surface area contributed by atoms with Crippen LogP contribution in [-0.2, 0) is 0 Å². The lowest BCUT2D eigenvalue weighted by atomic mass is 10.1. The van der Waals surface area contributed by atoms with E-state index >= 15 is 0 Å². The molecule has 0 N–H and O–H groups in total. The monoisotopic (exact) mass is 470 g/mol. The second-order valence-electron chi connectivity index (χ2n) is 6.67. The van der Waals surface area contributed by atoms with Gasteiger partial charge in [0.1, 0.15) is 5.58 Å². The van der Waals surface area contributed by atoms with Gasteiger partial charge in [-0.1, -0.05) is 35.3 Å². The SMILES string of the molecule is COc1ccc(C(=O)Oc2c(-c3ccccc3Cl)oc3ccc(Cl)cc3c2=O)cc1OC. The highest BCUT2D eigenvalue weighted by molar-refractivity contribution is 6.33.